The molecule has 11 heteroatoms. The Balaban J connectivity index is 1.35. The van der Waals surface area contributed by atoms with E-state index in [9.17, 15) is 14.4 Å². The summed E-state index contributed by atoms with van der Waals surface area (Å²) in [5.41, 5.74) is 0.319. The number of likely N-dealkylation sites (tertiary alicyclic amines) is 1. The van der Waals surface area contributed by atoms with E-state index in [1.54, 1.807) is 26.4 Å². The quantitative estimate of drug-likeness (QED) is 0.395. The molecule has 11 nitrogen and oxygen atoms in total. The van der Waals surface area contributed by atoms with Crippen molar-refractivity contribution >= 4 is 28.8 Å². The van der Waals surface area contributed by atoms with E-state index in [0.29, 0.717) is 32.5 Å². The monoisotopic (exact) mass is 534 g/mol. The highest BCUT2D eigenvalue weighted by molar-refractivity contribution is 5.99. The molecule has 206 valence electrons. The van der Waals surface area contributed by atoms with Crippen LogP contribution in [0.25, 0.3) is 11.0 Å². The van der Waals surface area contributed by atoms with Crippen LogP contribution in [0, 0.1) is 11.8 Å². The Morgan fingerprint density at radius 3 is 2.69 bits per heavy atom. The maximum Gasteiger partial charge on any atom is 0.250 e. The third-order valence-corrected chi connectivity index (χ3v) is 8.48. The predicted octanol–water partition coefficient (Wildman–Crippen LogP) is 0.949. The fraction of sp³-hybridized carbons (Fsp3) is 0.536. The number of amides is 3. The van der Waals surface area contributed by atoms with E-state index in [0.717, 1.165) is 23.9 Å². The van der Waals surface area contributed by atoms with Crippen molar-refractivity contribution in [3.05, 3.63) is 48.6 Å². The zero-order valence-electron chi connectivity index (χ0n) is 22.1. The first-order valence-corrected chi connectivity index (χ1v) is 13.7. The summed E-state index contributed by atoms with van der Waals surface area (Å²) in [7, 11) is 1.73. The zero-order chi connectivity index (χ0) is 27.1. The van der Waals surface area contributed by atoms with Crippen molar-refractivity contribution in [2.75, 3.05) is 33.3 Å². The summed E-state index contributed by atoms with van der Waals surface area (Å²) >= 11 is 0. The number of ether oxygens (including phenoxy) is 1. The van der Waals surface area contributed by atoms with Crippen molar-refractivity contribution in [2.24, 2.45) is 11.8 Å². The van der Waals surface area contributed by atoms with Crippen LogP contribution in [0.4, 0.5) is 0 Å². The number of aliphatic hydroxyl groups is 1. The summed E-state index contributed by atoms with van der Waals surface area (Å²) in [5, 5.41) is 17.6. The molecule has 39 heavy (non-hydrogen) atoms. The number of hydrogen-bond acceptors (Lipinski definition) is 7. The van der Waals surface area contributed by atoms with Crippen LogP contribution in [0.15, 0.2) is 48.6 Å². The summed E-state index contributed by atoms with van der Waals surface area (Å²) in [6.07, 6.45) is 9.98. The lowest BCUT2D eigenvalue weighted by Gasteiger charge is -2.35. The molecule has 4 aliphatic rings. The van der Waals surface area contributed by atoms with Crippen molar-refractivity contribution in [3.8, 4) is 0 Å². The Hall–Kier alpha value is -3.57. The number of carbonyl (C=O) groups is 3. The highest BCUT2D eigenvalue weighted by atomic mass is 16.5. The topological polar surface area (TPSA) is 121 Å². The third-order valence-electron chi connectivity index (χ3n) is 8.48. The van der Waals surface area contributed by atoms with Gasteiger partial charge in [-0.1, -0.05) is 54.5 Å². The number of para-hydroxylation sites is 1. The van der Waals surface area contributed by atoms with Crippen LogP contribution < -0.4 is 0 Å². The summed E-state index contributed by atoms with van der Waals surface area (Å²) in [5.74, 6) is -2.05. The number of rotatable bonds is 8. The molecule has 0 bridgehead atoms. The lowest BCUT2D eigenvalue weighted by molar-refractivity contribution is -0.149. The van der Waals surface area contributed by atoms with Crippen molar-refractivity contribution in [1.82, 2.24) is 29.7 Å². The lowest BCUT2D eigenvalue weighted by atomic mass is 9.77. The standard InChI is InChI=1S/C28H34N6O5/c1-31-14-8-12-21-22(25(31)36)23-26(37)33(16-6-2-3-7-17-35)24-27(38)32(15-9-13-28(23,24)39-21)18-34-20-11-5-4-10-19(20)29-30-34/h4-5,8-13,21-24,35H,2-3,6-7,14-18H2,1H3/t21-,22+,23+,24?,28+/m1/s1. The molecule has 2 saturated heterocycles. The van der Waals surface area contributed by atoms with Crippen LogP contribution in [0.5, 0.6) is 0 Å². The molecule has 6 rings (SSSR count). The maximum absolute atomic E-state index is 14.3. The van der Waals surface area contributed by atoms with E-state index >= 15 is 0 Å². The second-order valence-electron chi connectivity index (χ2n) is 10.8. The van der Waals surface area contributed by atoms with Gasteiger partial charge in [0.1, 0.15) is 23.8 Å². The molecule has 0 radical (unpaired) electrons. The number of carbonyl (C=O) groups excluding carboxylic acids is 3. The maximum atomic E-state index is 14.3. The van der Waals surface area contributed by atoms with Gasteiger partial charge in [-0.3, -0.25) is 14.4 Å². The first kappa shape index (κ1) is 25.7. The molecule has 1 unspecified atom stereocenters. The predicted molar refractivity (Wildman–Crippen MR) is 141 cm³/mol. The minimum absolute atomic E-state index is 0.131. The summed E-state index contributed by atoms with van der Waals surface area (Å²) in [6.45, 7) is 1.46. The molecule has 2 aromatic rings. The molecule has 1 aromatic carbocycles. The molecule has 0 aliphatic carbocycles. The van der Waals surface area contributed by atoms with Gasteiger partial charge in [-0.2, -0.15) is 0 Å². The molecular formula is C28H34N6O5. The Morgan fingerprint density at radius 2 is 1.85 bits per heavy atom. The van der Waals surface area contributed by atoms with E-state index in [2.05, 4.69) is 10.3 Å². The SMILES string of the molecule is CN1CC=C[C@H]2O[C@]34C=CCN(Cn5nnc6ccccc65)C(=O)C3N(CCCCCCO)C(=O)[C@@H]4[C@H]2C1=O. The molecule has 1 spiro atoms. The van der Waals surface area contributed by atoms with Crippen molar-refractivity contribution < 1.29 is 24.2 Å². The molecular weight excluding hydrogens is 500 g/mol. The van der Waals surface area contributed by atoms with Gasteiger partial charge in [-0.05, 0) is 25.0 Å². The van der Waals surface area contributed by atoms with E-state index in [1.807, 2.05) is 48.6 Å². The Kier molecular flexibility index (Phi) is 6.72. The van der Waals surface area contributed by atoms with E-state index in [4.69, 9.17) is 9.84 Å². The number of aromatic nitrogens is 3. The molecule has 1 N–H and O–H groups in total. The number of nitrogens with zero attached hydrogens (tertiary/aromatic N) is 6. The minimum atomic E-state index is -1.23. The van der Waals surface area contributed by atoms with Gasteiger partial charge >= 0.3 is 0 Å². The second kappa shape index (κ2) is 10.2. The van der Waals surface area contributed by atoms with Crippen LogP contribution in [-0.4, -0.2) is 104 Å². The summed E-state index contributed by atoms with van der Waals surface area (Å²) in [6, 6.07) is 6.68. The van der Waals surface area contributed by atoms with Gasteiger partial charge in [-0.15, -0.1) is 5.10 Å². The zero-order valence-corrected chi connectivity index (χ0v) is 22.1. The molecule has 0 saturated carbocycles. The average Bonchev–Trinajstić information content (AvgIpc) is 3.49. The number of aliphatic hydroxyl groups excluding tert-OH is 1. The first-order chi connectivity index (χ1) is 19.0. The van der Waals surface area contributed by atoms with Gasteiger partial charge in [-0.25, -0.2) is 4.68 Å². The van der Waals surface area contributed by atoms with Crippen molar-refractivity contribution in [1.29, 1.82) is 0 Å². The second-order valence-corrected chi connectivity index (χ2v) is 10.8. The van der Waals surface area contributed by atoms with Crippen LogP contribution in [0.2, 0.25) is 0 Å². The van der Waals surface area contributed by atoms with E-state index < -0.39 is 29.6 Å². The molecule has 4 aliphatic heterocycles. The van der Waals surface area contributed by atoms with Crippen LogP contribution in [0.1, 0.15) is 25.7 Å². The fourth-order valence-corrected chi connectivity index (χ4v) is 6.61. The molecule has 5 atom stereocenters. The van der Waals surface area contributed by atoms with Gasteiger partial charge in [0, 0.05) is 33.3 Å². The summed E-state index contributed by atoms with van der Waals surface area (Å²) in [4.78, 5) is 46.9. The van der Waals surface area contributed by atoms with Crippen LogP contribution in [-0.2, 0) is 25.8 Å². The number of hydrogen-bond donors (Lipinski definition) is 1. The fourth-order valence-electron chi connectivity index (χ4n) is 6.61. The third kappa shape index (κ3) is 4.15. The Morgan fingerprint density at radius 1 is 1.03 bits per heavy atom. The average molecular weight is 535 g/mol. The number of likely N-dealkylation sites (N-methyl/N-ethyl adjacent to an activating group) is 1. The van der Waals surface area contributed by atoms with Crippen LogP contribution in [0.3, 0.4) is 0 Å². The Bertz CT molecular complexity index is 1340. The Labute approximate surface area is 226 Å². The van der Waals surface area contributed by atoms with Gasteiger partial charge in [0.2, 0.25) is 11.8 Å². The van der Waals surface area contributed by atoms with Crippen LogP contribution >= 0.6 is 0 Å². The molecule has 2 fully saturated rings. The van der Waals surface area contributed by atoms with Gasteiger partial charge in [0.25, 0.3) is 5.91 Å². The largest absolute Gasteiger partial charge is 0.396 e. The van der Waals surface area contributed by atoms with Crippen molar-refractivity contribution in [2.45, 2.75) is 50.1 Å². The van der Waals surface area contributed by atoms with Gasteiger partial charge < -0.3 is 24.5 Å². The molecule has 5 heterocycles. The minimum Gasteiger partial charge on any atom is -0.396 e. The highest BCUT2D eigenvalue weighted by Gasteiger charge is 2.71. The highest BCUT2D eigenvalue weighted by Crippen LogP contribution is 2.53. The number of unbranched alkanes of at least 4 members (excludes halogenated alkanes) is 3. The first-order valence-electron chi connectivity index (χ1n) is 13.7. The normalized spacial score (nSPS) is 30.1. The van der Waals surface area contributed by atoms with E-state index in [-0.39, 0.29) is 31.0 Å². The lowest BCUT2D eigenvalue weighted by Crippen LogP contribution is -2.55. The number of benzene rings is 1. The van der Waals surface area contributed by atoms with Gasteiger partial charge in [0.15, 0.2) is 0 Å². The summed E-state index contributed by atoms with van der Waals surface area (Å²) < 4.78 is 8.32. The van der Waals surface area contributed by atoms with E-state index in [1.165, 1.54) is 0 Å². The number of fused-ring (bicyclic) bond motifs is 3. The molecule has 1 aromatic heterocycles. The van der Waals surface area contributed by atoms with Crippen molar-refractivity contribution in [3.63, 3.8) is 0 Å². The molecule has 3 amide bonds. The smallest absolute Gasteiger partial charge is 0.250 e. The van der Waals surface area contributed by atoms with Gasteiger partial charge in [0.05, 0.1) is 23.5 Å².